The molecule has 0 saturated carbocycles. The normalized spacial score (nSPS) is 10.7. The number of amides is 1. The standard InChI is InChI=1S/C23H16ClNO4/c1-28-16-6-4-5-14(11-16)23(27)25-15-9-10-21-18(12-15)20(26)13-22(29-21)17-7-2-3-8-19(17)24/h2-13H,1H3,(H,25,27). The van der Waals surface area contributed by atoms with E-state index in [4.69, 9.17) is 20.8 Å². The number of fused-ring (bicyclic) bond motifs is 1. The van der Waals surface area contributed by atoms with Gasteiger partial charge in [0.05, 0.1) is 17.5 Å². The number of nitrogens with one attached hydrogen (secondary N) is 1. The van der Waals surface area contributed by atoms with Gasteiger partial charge in [0.1, 0.15) is 17.1 Å². The molecule has 1 aromatic heterocycles. The molecule has 0 aliphatic rings. The quantitative estimate of drug-likeness (QED) is 0.495. The van der Waals surface area contributed by atoms with Crippen molar-refractivity contribution in [1.29, 1.82) is 0 Å². The molecule has 1 amide bonds. The lowest BCUT2D eigenvalue weighted by Gasteiger charge is -2.09. The fourth-order valence-electron chi connectivity index (χ4n) is 3.00. The summed E-state index contributed by atoms with van der Waals surface area (Å²) in [6.07, 6.45) is 0. The van der Waals surface area contributed by atoms with Crippen LogP contribution >= 0.6 is 11.6 Å². The van der Waals surface area contributed by atoms with Crippen molar-refractivity contribution in [3.63, 3.8) is 0 Å². The molecule has 3 aromatic carbocycles. The molecule has 0 atom stereocenters. The second-order valence-corrected chi connectivity index (χ2v) is 6.76. The molecule has 0 radical (unpaired) electrons. The van der Waals surface area contributed by atoms with Gasteiger partial charge in [-0.2, -0.15) is 0 Å². The first kappa shape index (κ1) is 18.8. The van der Waals surface area contributed by atoms with Crippen LogP contribution in [0, 0.1) is 0 Å². The Morgan fingerprint density at radius 2 is 1.83 bits per heavy atom. The Morgan fingerprint density at radius 1 is 1.00 bits per heavy atom. The molecule has 5 nitrogen and oxygen atoms in total. The van der Waals surface area contributed by atoms with E-state index in [1.165, 1.54) is 13.2 Å². The van der Waals surface area contributed by atoms with Crippen LogP contribution in [0.4, 0.5) is 5.69 Å². The lowest BCUT2D eigenvalue weighted by molar-refractivity contribution is 0.102. The predicted octanol–water partition coefficient (Wildman–Crippen LogP) is 5.37. The Labute approximate surface area is 171 Å². The van der Waals surface area contributed by atoms with Gasteiger partial charge in [-0.05, 0) is 48.5 Å². The molecule has 4 rings (SSSR count). The molecule has 0 aliphatic carbocycles. The van der Waals surface area contributed by atoms with Crippen LogP contribution in [0.2, 0.25) is 5.02 Å². The number of carbonyl (C=O) groups is 1. The summed E-state index contributed by atoms with van der Waals surface area (Å²) in [6, 6.07) is 20.3. The monoisotopic (exact) mass is 405 g/mol. The number of hydrogen-bond acceptors (Lipinski definition) is 4. The van der Waals surface area contributed by atoms with Gasteiger partial charge in [-0.15, -0.1) is 0 Å². The van der Waals surface area contributed by atoms with Gasteiger partial charge in [0, 0.05) is 22.9 Å². The average Bonchev–Trinajstić information content (AvgIpc) is 2.74. The molecule has 1 N–H and O–H groups in total. The van der Waals surface area contributed by atoms with Crippen LogP contribution in [0.15, 0.2) is 82.0 Å². The highest BCUT2D eigenvalue weighted by atomic mass is 35.5. The van der Waals surface area contributed by atoms with Crippen LogP contribution in [0.5, 0.6) is 5.75 Å². The minimum Gasteiger partial charge on any atom is -0.497 e. The lowest BCUT2D eigenvalue weighted by atomic mass is 10.1. The summed E-state index contributed by atoms with van der Waals surface area (Å²) < 4.78 is 11.0. The molecule has 0 fully saturated rings. The Kier molecular flexibility index (Phi) is 5.06. The number of rotatable bonds is 4. The Bertz CT molecular complexity index is 1280. The molecule has 0 aliphatic heterocycles. The summed E-state index contributed by atoms with van der Waals surface area (Å²) in [5.74, 6) is 0.672. The SMILES string of the molecule is COc1cccc(C(=O)Nc2ccc3oc(-c4ccccc4Cl)cc(=O)c3c2)c1. The largest absolute Gasteiger partial charge is 0.497 e. The van der Waals surface area contributed by atoms with E-state index in [1.54, 1.807) is 54.6 Å². The number of halogens is 1. The average molecular weight is 406 g/mol. The molecule has 6 heteroatoms. The fraction of sp³-hybridized carbons (Fsp3) is 0.0435. The van der Waals surface area contributed by atoms with Crippen molar-refractivity contribution >= 4 is 34.2 Å². The molecule has 1 heterocycles. The number of hydrogen-bond donors (Lipinski definition) is 1. The molecule has 0 unspecified atom stereocenters. The van der Waals surface area contributed by atoms with Crippen molar-refractivity contribution in [3.8, 4) is 17.1 Å². The topological polar surface area (TPSA) is 68.5 Å². The molecule has 144 valence electrons. The lowest BCUT2D eigenvalue weighted by Crippen LogP contribution is -2.12. The van der Waals surface area contributed by atoms with Gasteiger partial charge in [0.2, 0.25) is 0 Å². The van der Waals surface area contributed by atoms with Gasteiger partial charge < -0.3 is 14.5 Å². The number of ether oxygens (including phenoxy) is 1. The minimum absolute atomic E-state index is 0.223. The maximum atomic E-state index is 12.6. The van der Waals surface area contributed by atoms with E-state index in [1.807, 2.05) is 12.1 Å². The summed E-state index contributed by atoms with van der Waals surface area (Å²) in [5.41, 5.74) is 1.77. The van der Waals surface area contributed by atoms with Crippen LogP contribution in [0.25, 0.3) is 22.3 Å². The first-order valence-electron chi connectivity index (χ1n) is 8.83. The summed E-state index contributed by atoms with van der Waals surface area (Å²) in [6.45, 7) is 0. The van der Waals surface area contributed by atoms with Gasteiger partial charge in [0.15, 0.2) is 5.43 Å². The highest BCUT2D eigenvalue weighted by Gasteiger charge is 2.12. The van der Waals surface area contributed by atoms with Crippen molar-refractivity contribution in [2.75, 3.05) is 12.4 Å². The van der Waals surface area contributed by atoms with Crippen LogP contribution in [0.1, 0.15) is 10.4 Å². The zero-order chi connectivity index (χ0) is 20.4. The maximum Gasteiger partial charge on any atom is 0.255 e. The number of benzene rings is 3. The van der Waals surface area contributed by atoms with E-state index in [2.05, 4.69) is 5.32 Å². The minimum atomic E-state index is -0.305. The summed E-state index contributed by atoms with van der Waals surface area (Å²) in [7, 11) is 1.54. The maximum absolute atomic E-state index is 12.6. The van der Waals surface area contributed by atoms with E-state index >= 15 is 0 Å². The Hall–Kier alpha value is -3.57. The van der Waals surface area contributed by atoms with E-state index in [-0.39, 0.29) is 11.3 Å². The number of anilines is 1. The molecule has 0 bridgehead atoms. The number of carbonyl (C=O) groups excluding carboxylic acids is 1. The van der Waals surface area contributed by atoms with Crippen molar-refractivity contribution in [2.24, 2.45) is 0 Å². The first-order chi connectivity index (χ1) is 14.0. The number of methoxy groups -OCH3 is 1. The summed E-state index contributed by atoms with van der Waals surface area (Å²) in [4.78, 5) is 25.1. The second-order valence-electron chi connectivity index (χ2n) is 6.35. The van der Waals surface area contributed by atoms with Crippen molar-refractivity contribution < 1.29 is 13.9 Å². The van der Waals surface area contributed by atoms with E-state index in [0.29, 0.717) is 44.3 Å². The van der Waals surface area contributed by atoms with Gasteiger partial charge in [-0.3, -0.25) is 9.59 Å². The van der Waals surface area contributed by atoms with Crippen LogP contribution in [-0.2, 0) is 0 Å². The molecule has 0 spiro atoms. The molecule has 0 saturated heterocycles. The zero-order valence-electron chi connectivity index (χ0n) is 15.4. The van der Waals surface area contributed by atoms with Crippen molar-refractivity contribution in [3.05, 3.63) is 93.6 Å². The molecule has 4 aromatic rings. The fourth-order valence-corrected chi connectivity index (χ4v) is 3.22. The molecular formula is C23H16ClNO4. The van der Waals surface area contributed by atoms with E-state index in [9.17, 15) is 9.59 Å². The highest BCUT2D eigenvalue weighted by Crippen LogP contribution is 2.29. The van der Waals surface area contributed by atoms with Crippen LogP contribution in [0.3, 0.4) is 0 Å². The van der Waals surface area contributed by atoms with E-state index in [0.717, 1.165) is 0 Å². The van der Waals surface area contributed by atoms with Gasteiger partial charge in [-0.1, -0.05) is 29.8 Å². The highest BCUT2D eigenvalue weighted by molar-refractivity contribution is 6.33. The Balaban J connectivity index is 1.67. The zero-order valence-corrected chi connectivity index (χ0v) is 16.2. The first-order valence-corrected chi connectivity index (χ1v) is 9.21. The molecule has 29 heavy (non-hydrogen) atoms. The summed E-state index contributed by atoms with van der Waals surface area (Å²) in [5, 5.41) is 3.65. The third kappa shape index (κ3) is 3.86. The molecular weight excluding hydrogens is 390 g/mol. The third-order valence-electron chi connectivity index (χ3n) is 4.46. The smallest absolute Gasteiger partial charge is 0.255 e. The summed E-state index contributed by atoms with van der Waals surface area (Å²) >= 11 is 6.21. The van der Waals surface area contributed by atoms with Gasteiger partial charge in [0.25, 0.3) is 5.91 Å². The van der Waals surface area contributed by atoms with Crippen molar-refractivity contribution in [2.45, 2.75) is 0 Å². The predicted molar refractivity (Wildman–Crippen MR) is 114 cm³/mol. The van der Waals surface area contributed by atoms with Gasteiger partial charge >= 0.3 is 0 Å². The van der Waals surface area contributed by atoms with Crippen LogP contribution < -0.4 is 15.5 Å². The third-order valence-corrected chi connectivity index (χ3v) is 4.79. The van der Waals surface area contributed by atoms with Crippen LogP contribution in [-0.4, -0.2) is 13.0 Å². The van der Waals surface area contributed by atoms with Gasteiger partial charge in [-0.25, -0.2) is 0 Å². The Morgan fingerprint density at radius 3 is 2.62 bits per heavy atom. The second kappa shape index (κ2) is 7.81. The van der Waals surface area contributed by atoms with Crippen molar-refractivity contribution in [1.82, 2.24) is 0 Å². The van der Waals surface area contributed by atoms with E-state index < -0.39 is 0 Å².